The molecule has 0 spiro atoms. The predicted molar refractivity (Wildman–Crippen MR) is 69.1 cm³/mol. The summed E-state index contributed by atoms with van der Waals surface area (Å²) in [7, 11) is 0. The Hall–Kier alpha value is -1.68. The molecule has 100 valence electrons. The zero-order valence-electron chi connectivity index (χ0n) is 10.7. The Morgan fingerprint density at radius 3 is 2.68 bits per heavy atom. The van der Waals surface area contributed by atoms with Crippen LogP contribution >= 0.6 is 0 Å². The number of hydrogen-bond acceptors (Lipinski definition) is 4. The van der Waals surface area contributed by atoms with Gasteiger partial charge in [0.05, 0.1) is 12.3 Å². The van der Waals surface area contributed by atoms with Crippen LogP contribution in [0.15, 0.2) is 30.3 Å². The predicted octanol–water partition coefficient (Wildman–Crippen LogP) is 1.74. The van der Waals surface area contributed by atoms with Crippen molar-refractivity contribution in [3.63, 3.8) is 0 Å². The maximum Gasteiger partial charge on any atom is 0.318 e. The monoisotopic (exact) mass is 259 g/mol. The number of rotatable bonds is 3. The number of esters is 2. The lowest BCUT2D eigenvalue weighted by molar-refractivity contribution is -0.153. The standard InChI is InChI=1S/C15H17NO3/c17-14-9-12(15(18)19-14)13-7-4-8-16(13)10-11-5-2-1-3-6-11/h1-3,5-6,12-13H,4,7-10H2. The second-order valence-corrected chi connectivity index (χ2v) is 5.27. The minimum atomic E-state index is -0.374. The van der Waals surface area contributed by atoms with Gasteiger partial charge in [0.15, 0.2) is 0 Å². The van der Waals surface area contributed by atoms with E-state index in [0.717, 1.165) is 25.9 Å². The normalized spacial score (nSPS) is 27.8. The van der Waals surface area contributed by atoms with Crippen LogP contribution in [0, 0.1) is 5.92 Å². The minimum Gasteiger partial charge on any atom is -0.393 e. The Bertz CT molecular complexity index is 485. The molecule has 1 aromatic rings. The van der Waals surface area contributed by atoms with E-state index in [0.29, 0.717) is 0 Å². The number of cyclic esters (lactones) is 2. The zero-order chi connectivity index (χ0) is 13.2. The lowest BCUT2D eigenvalue weighted by Crippen LogP contribution is -2.37. The van der Waals surface area contributed by atoms with Gasteiger partial charge in [0, 0.05) is 12.6 Å². The molecule has 0 aliphatic carbocycles. The van der Waals surface area contributed by atoms with Crippen molar-refractivity contribution in [2.24, 2.45) is 5.92 Å². The van der Waals surface area contributed by atoms with Crippen molar-refractivity contribution in [3.8, 4) is 0 Å². The van der Waals surface area contributed by atoms with Crippen molar-refractivity contribution in [3.05, 3.63) is 35.9 Å². The van der Waals surface area contributed by atoms with Crippen molar-refractivity contribution in [1.82, 2.24) is 4.90 Å². The molecule has 0 aromatic heterocycles. The van der Waals surface area contributed by atoms with Crippen molar-refractivity contribution in [1.29, 1.82) is 0 Å². The smallest absolute Gasteiger partial charge is 0.318 e. The molecular weight excluding hydrogens is 242 g/mol. The summed E-state index contributed by atoms with van der Waals surface area (Å²) in [5.74, 6) is -0.977. The van der Waals surface area contributed by atoms with Gasteiger partial charge in [-0.3, -0.25) is 14.5 Å². The summed E-state index contributed by atoms with van der Waals surface area (Å²) < 4.78 is 4.68. The van der Waals surface area contributed by atoms with Crippen LogP contribution in [0.2, 0.25) is 0 Å². The molecule has 2 saturated heterocycles. The van der Waals surface area contributed by atoms with Crippen molar-refractivity contribution >= 4 is 11.9 Å². The molecular formula is C15H17NO3. The van der Waals surface area contributed by atoms with E-state index in [1.54, 1.807) is 0 Å². The molecule has 1 aromatic carbocycles. The Morgan fingerprint density at radius 1 is 1.21 bits per heavy atom. The summed E-state index contributed by atoms with van der Waals surface area (Å²) in [5.41, 5.74) is 1.24. The van der Waals surface area contributed by atoms with E-state index in [1.807, 2.05) is 18.2 Å². The molecule has 0 saturated carbocycles. The molecule has 2 aliphatic heterocycles. The molecule has 4 heteroatoms. The Labute approximate surface area is 112 Å². The first-order chi connectivity index (χ1) is 9.24. The highest BCUT2D eigenvalue weighted by Gasteiger charge is 2.43. The third kappa shape index (κ3) is 2.54. The Kier molecular flexibility index (Phi) is 3.34. The molecule has 2 atom stereocenters. The minimum absolute atomic E-state index is 0.152. The first kappa shape index (κ1) is 12.4. The summed E-state index contributed by atoms with van der Waals surface area (Å²) in [4.78, 5) is 25.2. The average molecular weight is 259 g/mol. The molecule has 2 fully saturated rings. The fourth-order valence-corrected chi connectivity index (χ4v) is 3.11. The van der Waals surface area contributed by atoms with Gasteiger partial charge in [-0.2, -0.15) is 0 Å². The van der Waals surface area contributed by atoms with E-state index in [9.17, 15) is 9.59 Å². The summed E-state index contributed by atoms with van der Waals surface area (Å²) >= 11 is 0. The highest BCUT2D eigenvalue weighted by atomic mass is 16.6. The van der Waals surface area contributed by atoms with E-state index in [-0.39, 0.29) is 30.3 Å². The first-order valence-corrected chi connectivity index (χ1v) is 6.76. The third-order valence-electron chi connectivity index (χ3n) is 4.01. The fourth-order valence-electron chi connectivity index (χ4n) is 3.11. The second kappa shape index (κ2) is 5.13. The van der Waals surface area contributed by atoms with Crippen molar-refractivity contribution in [2.75, 3.05) is 6.54 Å². The Balaban J connectivity index is 1.71. The maximum atomic E-state index is 11.7. The fraction of sp³-hybridized carbons (Fsp3) is 0.467. The molecule has 0 radical (unpaired) electrons. The second-order valence-electron chi connectivity index (χ2n) is 5.27. The van der Waals surface area contributed by atoms with E-state index < -0.39 is 0 Å². The van der Waals surface area contributed by atoms with Crippen LogP contribution in [0.5, 0.6) is 0 Å². The number of carbonyl (C=O) groups is 2. The lowest BCUT2D eigenvalue weighted by Gasteiger charge is -2.26. The molecule has 0 N–H and O–H groups in total. The van der Waals surface area contributed by atoms with Crippen molar-refractivity contribution in [2.45, 2.75) is 31.8 Å². The highest BCUT2D eigenvalue weighted by Crippen LogP contribution is 2.31. The summed E-state index contributed by atoms with van der Waals surface area (Å²) in [5, 5.41) is 0. The van der Waals surface area contributed by atoms with Gasteiger partial charge < -0.3 is 4.74 Å². The largest absolute Gasteiger partial charge is 0.393 e. The molecule has 4 nitrogen and oxygen atoms in total. The van der Waals surface area contributed by atoms with Crippen molar-refractivity contribution < 1.29 is 14.3 Å². The van der Waals surface area contributed by atoms with Crippen LogP contribution in [0.3, 0.4) is 0 Å². The van der Waals surface area contributed by atoms with Gasteiger partial charge in [-0.1, -0.05) is 30.3 Å². The summed E-state index contributed by atoms with van der Waals surface area (Å²) in [6.45, 7) is 1.82. The molecule has 2 unspecified atom stereocenters. The van der Waals surface area contributed by atoms with Crippen LogP contribution in [-0.2, 0) is 20.9 Å². The van der Waals surface area contributed by atoms with Crippen LogP contribution in [0.4, 0.5) is 0 Å². The summed E-state index contributed by atoms with van der Waals surface area (Å²) in [6.07, 6.45) is 2.30. The van der Waals surface area contributed by atoms with Gasteiger partial charge in [0.2, 0.25) is 0 Å². The number of carbonyl (C=O) groups excluding carboxylic acids is 2. The van der Waals surface area contributed by atoms with Gasteiger partial charge in [-0.05, 0) is 24.9 Å². The molecule has 19 heavy (non-hydrogen) atoms. The topological polar surface area (TPSA) is 46.6 Å². The third-order valence-corrected chi connectivity index (χ3v) is 4.01. The van der Waals surface area contributed by atoms with E-state index >= 15 is 0 Å². The number of nitrogens with zero attached hydrogens (tertiary/aromatic N) is 1. The van der Waals surface area contributed by atoms with Gasteiger partial charge in [0.25, 0.3) is 0 Å². The molecule has 0 bridgehead atoms. The summed E-state index contributed by atoms with van der Waals surface area (Å²) in [6, 6.07) is 10.4. The van der Waals surface area contributed by atoms with E-state index in [1.165, 1.54) is 5.56 Å². The van der Waals surface area contributed by atoms with Crippen LogP contribution < -0.4 is 0 Å². The first-order valence-electron chi connectivity index (χ1n) is 6.76. The SMILES string of the molecule is O=C1CC(C2CCCN2Cc2ccccc2)C(=O)O1. The molecule has 3 rings (SSSR count). The average Bonchev–Trinajstić information content (AvgIpc) is 2.97. The lowest BCUT2D eigenvalue weighted by atomic mass is 9.96. The Morgan fingerprint density at radius 2 is 2.00 bits per heavy atom. The van der Waals surface area contributed by atoms with Crippen LogP contribution in [0.25, 0.3) is 0 Å². The quantitative estimate of drug-likeness (QED) is 0.613. The van der Waals surface area contributed by atoms with Crippen LogP contribution in [-0.4, -0.2) is 29.4 Å². The molecule has 2 aliphatic rings. The number of likely N-dealkylation sites (tertiary alicyclic amines) is 1. The highest BCUT2D eigenvalue weighted by molar-refractivity contribution is 5.95. The number of hydrogen-bond donors (Lipinski definition) is 0. The van der Waals surface area contributed by atoms with Gasteiger partial charge in [0.1, 0.15) is 0 Å². The number of benzene rings is 1. The van der Waals surface area contributed by atoms with Gasteiger partial charge in [-0.25, -0.2) is 0 Å². The van der Waals surface area contributed by atoms with E-state index in [2.05, 4.69) is 21.8 Å². The van der Waals surface area contributed by atoms with Gasteiger partial charge in [-0.15, -0.1) is 0 Å². The van der Waals surface area contributed by atoms with E-state index in [4.69, 9.17) is 0 Å². The van der Waals surface area contributed by atoms with Crippen LogP contribution in [0.1, 0.15) is 24.8 Å². The number of ether oxygens (including phenoxy) is 1. The maximum absolute atomic E-state index is 11.7. The molecule has 2 heterocycles. The zero-order valence-corrected chi connectivity index (χ0v) is 10.7. The van der Waals surface area contributed by atoms with Gasteiger partial charge >= 0.3 is 11.9 Å². The molecule has 0 amide bonds.